The number of nitrogens with zero attached hydrogens (tertiary/aromatic N) is 2. The Labute approximate surface area is 183 Å². The first-order valence-corrected chi connectivity index (χ1v) is 11.4. The smallest absolute Gasteiger partial charge is 0.252 e. The van der Waals surface area contributed by atoms with Crippen molar-refractivity contribution in [2.45, 2.75) is 37.1 Å². The van der Waals surface area contributed by atoms with Crippen LogP contribution >= 0.6 is 0 Å². The van der Waals surface area contributed by atoms with Crippen molar-refractivity contribution < 1.29 is 22.7 Å². The molecule has 1 saturated heterocycles. The van der Waals surface area contributed by atoms with Crippen LogP contribution in [0.15, 0.2) is 66.1 Å². The number of methoxy groups -OCH3 is 1. The fourth-order valence-corrected chi connectivity index (χ4v) is 5.08. The van der Waals surface area contributed by atoms with Gasteiger partial charge in [-0.15, -0.1) is 6.58 Å². The summed E-state index contributed by atoms with van der Waals surface area (Å²) in [6.45, 7) is 7.62. The van der Waals surface area contributed by atoms with Gasteiger partial charge in [0.15, 0.2) is 0 Å². The van der Waals surface area contributed by atoms with Crippen LogP contribution in [0.3, 0.4) is 0 Å². The van der Waals surface area contributed by atoms with Crippen molar-refractivity contribution in [3.63, 3.8) is 0 Å². The molecule has 3 rings (SSSR count). The Morgan fingerprint density at radius 2 is 1.74 bits per heavy atom. The van der Waals surface area contributed by atoms with E-state index < -0.39 is 27.9 Å². The molecular weight excluding hydrogens is 416 g/mol. The summed E-state index contributed by atoms with van der Waals surface area (Å²) in [6.07, 6.45) is 1.17. The molecule has 0 radical (unpaired) electrons. The number of carbonyl (C=O) groups excluding carboxylic acids is 2. The zero-order chi connectivity index (χ0) is 22.8. The minimum absolute atomic E-state index is 0.00938. The fourth-order valence-electron chi connectivity index (χ4n) is 3.52. The molecule has 1 aliphatic heterocycles. The molecule has 0 bridgehead atoms. The number of hydrogen-bond donors (Lipinski definition) is 0. The molecule has 1 aliphatic rings. The molecule has 0 saturated carbocycles. The van der Waals surface area contributed by atoms with Gasteiger partial charge in [-0.05, 0) is 47.9 Å². The van der Waals surface area contributed by atoms with Gasteiger partial charge in [0.2, 0.25) is 15.9 Å². The second-order valence-electron chi connectivity index (χ2n) is 7.57. The van der Waals surface area contributed by atoms with Crippen molar-refractivity contribution in [2.75, 3.05) is 18.6 Å². The van der Waals surface area contributed by atoms with Gasteiger partial charge in [-0.2, -0.15) is 4.31 Å². The summed E-state index contributed by atoms with van der Waals surface area (Å²) in [4.78, 5) is 27.0. The van der Waals surface area contributed by atoms with Crippen LogP contribution in [-0.4, -0.2) is 44.2 Å². The van der Waals surface area contributed by atoms with E-state index in [9.17, 15) is 18.0 Å². The molecule has 1 heterocycles. The number of hydrogen-bond acceptors (Lipinski definition) is 5. The highest BCUT2D eigenvalue weighted by Gasteiger charge is 2.46. The Hall–Kier alpha value is -2.97. The molecule has 0 aromatic heterocycles. The van der Waals surface area contributed by atoms with Gasteiger partial charge in [-0.25, -0.2) is 13.3 Å². The van der Waals surface area contributed by atoms with Gasteiger partial charge in [0.05, 0.1) is 24.1 Å². The van der Waals surface area contributed by atoms with Gasteiger partial charge >= 0.3 is 0 Å². The Kier molecular flexibility index (Phi) is 6.62. The lowest BCUT2D eigenvalue weighted by Crippen LogP contribution is -2.45. The molecule has 2 amide bonds. The van der Waals surface area contributed by atoms with Crippen molar-refractivity contribution in [3.8, 4) is 5.75 Å². The summed E-state index contributed by atoms with van der Waals surface area (Å²) >= 11 is 0. The van der Waals surface area contributed by atoms with E-state index in [1.807, 2.05) is 26.0 Å². The number of anilines is 1. The summed E-state index contributed by atoms with van der Waals surface area (Å²) in [5.74, 6) is -0.186. The number of sulfonamides is 1. The lowest BCUT2D eigenvalue weighted by molar-refractivity contribution is -0.122. The second kappa shape index (κ2) is 9.03. The molecule has 1 atom stereocenters. The van der Waals surface area contributed by atoms with Gasteiger partial charge in [0.1, 0.15) is 11.8 Å². The first kappa shape index (κ1) is 22.7. The predicted octanol–water partition coefficient (Wildman–Crippen LogP) is 3.33. The van der Waals surface area contributed by atoms with Crippen LogP contribution in [0, 0.1) is 0 Å². The minimum Gasteiger partial charge on any atom is -0.497 e. The lowest BCUT2D eigenvalue weighted by atomic mass is 10.0. The third-order valence-corrected chi connectivity index (χ3v) is 7.15. The minimum atomic E-state index is -4.04. The van der Waals surface area contributed by atoms with Crippen molar-refractivity contribution in [1.29, 1.82) is 0 Å². The summed E-state index contributed by atoms with van der Waals surface area (Å²) in [6, 6.07) is 11.9. The van der Waals surface area contributed by atoms with Crippen LogP contribution in [-0.2, 0) is 19.6 Å². The van der Waals surface area contributed by atoms with Gasteiger partial charge in [0, 0.05) is 6.54 Å². The van der Waals surface area contributed by atoms with E-state index in [1.165, 1.54) is 37.5 Å². The molecule has 2 aromatic rings. The van der Waals surface area contributed by atoms with E-state index in [2.05, 4.69) is 6.58 Å². The van der Waals surface area contributed by atoms with E-state index in [0.29, 0.717) is 17.4 Å². The van der Waals surface area contributed by atoms with Crippen LogP contribution in [0.4, 0.5) is 5.69 Å². The van der Waals surface area contributed by atoms with Crippen molar-refractivity contribution in [1.82, 2.24) is 4.31 Å². The standard InChI is InChI=1S/C23H26N2O5S/c1-5-14-24(31(28,29)20-12-10-19(30-4)11-13-20)21-15-22(26)25(23(21)27)18-8-6-17(7-9-18)16(2)3/h5-13,16,21H,1,14-15H2,2-4H3. The first-order valence-electron chi connectivity index (χ1n) is 9.94. The Morgan fingerprint density at radius 3 is 2.26 bits per heavy atom. The molecule has 164 valence electrons. The van der Waals surface area contributed by atoms with E-state index in [-0.39, 0.29) is 17.9 Å². The topological polar surface area (TPSA) is 84.0 Å². The van der Waals surface area contributed by atoms with Gasteiger partial charge in [0.25, 0.3) is 5.91 Å². The Balaban J connectivity index is 1.93. The van der Waals surface area contributed by atoms with Crippen molar-refractivity contribution in [3.05, 3.63) is 66.7 Å². The number of carbonyl (C=O) groups is 2. The van der Waals surface area contributed by atoms with Gasteiger partial charge in [-0.1, -0.05) is 32.1 Å². The largest absolute Gasteiger partial charge is 0.497 e. The molecule has 8 heteroatoms. The van der Waals surface area contributed by atoms with Crippen molar-refractivity contribution >= 4 is 27.5 Å². The highest BCUT2D eigenvalue weighted by atomic mass is 32.2. The maximum atomic E-state index is 13.3. The molecule has 1 fully saturated rings. The Bertz CT molecular complexity index is 1080. The van der Waals surface area contributed by atoms with E-state index in [0.717, 1.165) is 14.8 Å². The third kappa shape index (κ3) is 4.40. The van der Waals surface area contributed by atoms with Crippen LogP contribution in [0.2, 0.25) is 0 Å². The molecule has 2 aromatic carbocycles. The van der Waals surface area contributed by atoms with Crippen LogP contribution < -0.4 is 9.64 Å². The molecule has 1 unspecified atom stereocenters. The van der Waals surface area contributed by atoms with Crippen LogP contribution in [0.5, 0.6) is 5.75 Å². The number of amides is 2. The van der Waals surface area contributed by atoms with Gasteiger partial charge in [-0.3, -0.25) is 9.59 Å². The maximum absolute atomic E-state index is 13.3. The average Bonchev–Trinajstić information content (AvgIpc) is 3.05. The maximum Gasteiger partial charge on any atom is 0.252 e. The van der Waals surface area contributed by atoms with E-state index in [1.54, 1.807) is 12.1 Å². The number of ether oxygens (including phenoxy) is 1. The zero-order valence-electron chi connectivity index (χ0n) is 17.8. The summed E-state index contributed by atoms with van der Waals surface area (Å²) in [5, 5.41) is 0. The van der Waals surface area contributed by atoms with E-state index >= 15 is 0 Å². The lowest BCUT2D eigenvalue weighted by Gasteiger charge is -2.25. The van der Waals surface area contributed by atoms with E-state index in [4.69, 9.17) is 4.74 Å². The number of rotatable bonds is 8. The Morgan fingerprint density at radius 1 is 1.13 bits per heavy atom. The fraction of sp³-hybridized carbons (Fsp3) is 0.304. The molecule has 7 nitrogen and oxygen atoms in total. The van der Waals surface area contributed by atoms with Crippen LogP contribution in [0.25, 0.3) is 0 Å². The zero-order valence-corrected chi connectivity index (χ0v) is 18.6. The monoisotopic (exact) mass is 442 g/mol. The SMILES string of the molecule is C=CCN(C1CC(=O)N(c2ccc(C(C)C)cc2)C1=O)S(=O)(=O)c1ccc(OC)cc1. The molecule has 31 heavy (non-hydrogen) atoms. The summed E-state index contributed by atoms with van der Waals surface area (Å²) in [7, 11) is -2.56. The molecular formula is C23H26N2O5S. The number of imide groups is 1. The summed E-state index contributed by atoms with van der Waals surface area (Å²) in [5.41, 5.74) is 1.51. The predicted molar refractivity (Wildman–Crippen MR) is 119 cm³/mol. The first-order chi connectivity index (χ1) is 14.7. The average molecular weight is 443 g/mol. The molecule has 0 aliphatic carbocycles. The summed E-state index contributed by atoms with van der Waals surface area (Å²) < 4.78 is 32.7. The van der Waals surface area contributed by atoms with Gasteiger partial charge < -0.3 is 4.74 Å². The van der Waals surface area contributed by atoms with Crippen LogP contribution in [0.1, 0.15) is 31.7 Å². The highest BCUT2D eigenvalue weighted by molar-refractivity contribution is 7.89. The van der Waals surface area contributed by atoms with Crippen molar-refractivity contribution in [2.24, 2.45) is 0 Å². The highest BCUT2D eigenvalue weighted by Crippen LogP contribution is 2.30. The molecule has 0 spiro atoms. The number of benzene rings is 2. The second-order valence-corrected chi connectivity index (χ2v) is 9.46. The normalized spacial score (nSPS) is 16.9. The third-order valence-electron chi connectivity index (χ3n) is 5.26. The molecule has 0 N–H and O–H groups in total. The quantitative estimate of drug-likeness (QED) is 0.463.